The summed E-state index contributed by atoms with van der Waals surface area (Å²) in [5.41, 5.74) is 6.90. The molecule has 2 heterocycles. The number of nitrogens with two attached hydrogens (primary N) is 1. The number of nitrogens with zero attached hydrogens (tertiary/aromatic N) is 1. The highest BCUT2D eigenvalue weighted by Crippen LogP contribution is 2.29. The maximum atomic E-state index is 12.3. The average Bonchev–Trinajstić information content (AvgIpc) is 2.95. The van der Waals surface area contributed by atoms with Crippen LogP contribution in [-0.2, 0) is 9.53 Å². The van der Waals surface area contributed by atoms with Gasteiger partial charge in [-0.3, -0.25) is 4.79 Å². The summed E-state index contributed by atoms with van der Waals surface area (Å²) < 4.78 is 11.5. The van der Waals surface area contributed by atoms with Crippen LogP contribution in [0.3, 0.4) is 0 Å². The minimum Gasteiger partial charge on any atom is -0.497 e. The molecule has 1 unspecified atom stereocenters. The van der Waals surface area contributed by atoms with Crippen LogP contribution in [0.2, 0.25) is 0 Å². The third-order valence-electron chi connectivity index (χ3n) is 3.90. The molecule has 6 nitrogen and oxygen atoms in total. The Morgan fingerprint density at radius 1 is 1.50 bits per heavy atom. The zero-order valence-corrected chi connectivity index (χ0v) is 13.2. The summed E-state index contributed by atoms with van der Waals surface area (Å²) in [5, 5.41) is 3.39. The number of thiazole rings is 1. The van der Waals surface area contributed by atoms with Crippen molar-refractivity contribution in [3.63, 3.8) is 0 Å². The third-order valence-corrected chi connectivity index (χ3v) is 4.84. The summed E-state index contributed by atoms with van der Waals surface area (Å²) in [7, 11) is 1.62. The number of benzene rings is 1. The van der Waals surface area contributed by atoms with Crippen molar-refractivity contribution in [2.75, 3.05) is 25.6 Å². The second-order valence-corrected chi connectivity index (χ2v) is 6.35. The smallest absolute Gasteiger partial charge is 0.243 e. The molecule has 1 fully saturated rings. The predicted molar refractivity (Wildman–Crippen MR) is 86.3 cm³/mol. The second kappa shape index (κ2) is 6.60. The fraction of sp³-hybridized carbons (Fsp3) is 0.467. The van der Waals surface area contributed by atoms with Gasteiger partial charge in [0.1, 0.15) is 5.75 Å². The van der Waals surface area contributed by atoms with E-state index in [0.717, 1.165) is 28.8 Å². The van der Waals surface area contributed by atoms with Gasteiger partial charge in [0.15, 0.2) is 5.13 Å². The molecule has 22 heavy (non-hydrogen) atoms. The van der Waals surface area contributed by atoms with Crippen molar-refractivity contribution in [1.82, 2.24) is 4.98 Å². The Morgan fingerprint density at radius 3 is 3.00 bits per heavy atom. The number of carbonyl (C=O) groups excluding carboxylic acids is 1. The molecular formula is C15H19N3O3S. The standard InChI is InChI=1S/C15H19N3O3S/c1-20-10-2-3-11-12(8-10)22-15(17-11)18-14(19)13(16)9-4-6-21-7-5-9/h2-3,8-9,13H,4-7,16H2,1H3,(H,17,18,19). The van der Waals surface area contributed by atoms with Gasteiger partial charge in [-0.15, -0.1) is 0 Å². The molecule has 118 valence electrons. The normalized spacial score (nSPS) is 17.4. The van der Waals surface area contributed by atoms with Gasteiger partial charge in [-0.1, -0.05) is 11.3 Å². The molecule has 1 aliphatic rings. The lowest BCUT2D eigenvalue weighted by Gasteiger charge is -2.26. The van der Waals surface area contributed by atoms with Crippen LogP contribution in [0.5, 0.6) is 5.75 Å². The highest BCUT2D eigenvalue weighted by Gasteiger charge is 2.27. The maximum Gasteiger partial charge on any atom is 0.243 e. The number of rotatable bonds is 4. The van der Waals surface area contributed by atoms with Gasteiger partial charge in [-0.05, 0) is 37.0 Å². The zero-order valence-electron chi connectivity index (χ0n) is 12.4. The van der Waals surface area contributed by atoms with Crippen molar-refractivity contribution in [3.05, 3.63) is 18.2 Å². The van der Waals surface area contributed by atoms with Gasteiger partial charge < -0.3 is 20.5 Å². The number of methoxy groups -OCH3 is 1. The molecule has 0 spiro atoms. The van der Waals surface area contributed by atoms with Crippen LogP contribution in [-0.4, -0.2) is 37.3 Å². The second-order valence-electron chi connectivity index (χ2n) is 5.32. The zero-order chi connectivity index (χ0) is 15.5. The number of carbonyl (C=O) groups is 1. The molecule has 1 aliphatic heterocycles. The first kappa shape index (κ1) is 15.2. The Labute approximate surface area is 132 Å². The van der Waals surface area contributed by atoms with Gasteiger partial charge in [-0.25, -0.2) is 4.98 Å². The fourth-order valence-electron chi connectivity index (χ4n) is 2.56. The van der Waals surface area contributed by atoms with Crippen LogP contribution in [0, 0.1) is 5.92 Å². The highest BCUT2D eigenvalue weighted by atomic mass is 32.1. The molecule has 1 amide bonds. The number of hydrogen-bond acceptors (Lipinski definition) is 6. The van der Waals surface area contributed by atoms with E-state index in [1.54, 1.807) is 7.11 Å². The Balaban J connectivity index is 1.70. The number of anilines is 1. The van der Waals surface area contributed by atoms with E-state index in [2.05, 4.69) is 10.3 Å². The Morgan fingerprint density at radius 2 is 2.27 bits per heavy atom. The first-order chi connectivity index (χ1) is 10.7. The lowest BCUT2D eigenvalue weighted by molar-refractivity contribution is -0.119. The van der Waals surface area contributed by atoms with Crippen LogP contribution in [0.25, 0.3) is 10.2 Å². The number of nitrogens with one attached hydrogen (secondary N) is 1. The third kappa shape index (κ3) is 3.21. The summed E-state index contributed by atoms with van der Waals surface area (Å²) in [5.74, 6) is 0.758. The minimum atomic E-state index is -0.523. The summed E-state index contributed by atoms with van der Waals surface area (Å²) in [4.78, 5) is 16.7. The summed E-state index contributed by atoms with van der Waals surface area (Å²) >= 11 is 1.42. The quantitative estimate of drug-likeness (QED) is 0.899. The number of hydrogen-bond donors (Lipinski definition) is 2. The predicted octanol–water partition coefficient (Wildman–Crippen LogP) is 2.00. The first-order valence-electron chi connectivity index (χ1n) is 7.26. The molecule has 3 rings (SSSR count). The van der Waals surface area contributed by atoms with Crippen molar-refractivity contribution in [2.24, 2.45) is 11.7 Å². The molecule has 1 aromatic heterocycles. The van der Waals surface area contributed by atoms with Crippen LogP contribution < -0.4 is 15.8 Å². The number of ether oxygens (including phenoxy) is 2. The Hall–Kier alpha value is -1.70. The van der Waals surface area contributed by atoms with Gasteiger partial charge in [0.05, 0.1) is 23.4 Å². The number of aromatic nitrogens is 1. The van der Waals surface area contributed by atoms with E-state index in [1.807, 2.05) is 18.2 Å². The molecule has 1 atom stereocenters. The minimum absolute atomic E-state index is 0.170. The van der Waals surface area contributed by atoms with Crippen LogP contribution in [0.1, 0.15) is 12.8 Å². The van der Waals surface area contributed by atoms with Crippen molar-refractivity contribution >= 4 is 32.6 Å². The van der Waals surface area contributed by atoms with Gasteiger partial charge in [-0.2, -0.15) is 0 Å². The van der Waals surface area contributed by atoms with Crippen molar-refractivity contribution in [3.8, 4) is 5.75 Å². The molecular weight excluding hydrogens is 302 g/mol. The van der Waals surface area contributed by atoms with Crippen molar-refractivity contribution in [1.29, 1.82) is 0 Å². The molecule has 0 bridgehead atoms. The molecule has 0 radical (unpaired) electrons. The first-order valence-corrected chi connectivity index (χ1v) is 8.08. The largest absolute Gasteiger partial charge is 0.497 e. The number of amides is 1. The molecule has 1 saturated heterocycles. The lowest BCUT2D eigenvalue weighted by atomic mass is 9.92. The maximum absolute atomic E-state index is 12.3. The van der Waals surface area contributed by atoms with Crippen LogP contribution in [0.15, 0.2) is 18.2 Å². The van der Waals surface area contributed by atoms with E-state index < -0.39 is 6.04 Å². The van der Waals surface area contributed by atoms with Gasteiger partial charge in [0, 0.05) is 13.2 Å². The molecule has 2 aromatic rings. The molecule has 1 aromatic carbocycles. The Bertz CT molecular complexity index is 667. The summed E-state index contributed by atoms with van der Waals surface area (Å²) in [6.07, 6.45) is 1.65. The van der Waals surface area contributed by atoms with E-state index in [0.29, 0.717) is 18.3 Å². The molecule has 0 aliphatic carbocycles. The van der Waals surface area contributed by atoms with Gasteiger partial charge in [0.2, 0.25) is 5.91 Å². The van der Waals surface area contributed by atoms with E-state index in [1.165, 1.54) is 11.3 Å². The van der Waals surface area contributed by atoms with Crippen molar-refractivity contribution < 1.29 is 14.3 Å². The van der Waals surface area contributed by atoms with Gasteiger partial charge in [0.25, 0.3) is 0 Å². The van der Waals surface area contributed by atoms with E-state index >= 15 is 0 Å². The molecule has 0 saturated carbocycles. The lowest BCUT2D eigenvalue weighted by Crippen LogP contribution is -2.43. The van der Waals surface area contributed by atoms with Crippen molar-refractivity contribution in [2.45, 2.75) is 18.9 Å². The monoisotopic (exact) mass is 321 g/mol. The molecule has 3 N–H and O–H groups in total. The highest BCUT2D eigenvalue weighted by molar-refractivity contribution is 7.22. The average molecular weight is 321 g/mol. The van der Waals surface area contributed by atoms with E-state index in [4.69, 9.17) is 15.2 Å². The molecule has 7 heteroatoms. The number of fused-ring (bicyclic) bond motifs is 1. The SMILES string of the molecule is COc1ccc2nc(NC(=O)C(N)C3CCOCC3)sc2c1. The van der Waals surface area contributed by atoms with E-state index in [-0.39, 0.29) is 11.8 Å². The van der Waals surface area contributed by atoms with E-state index in [9.17, 15) is 4.79 Å². The van der Waals surface area contributed by atoms with Gasteiger partial charge >= 0.3 is 0 Å². The topological polar surface area (TPSA) is 86.5 Å². The summed E-state index contributed by atoms with van der Waals surface area (Å²) in [6, 6.07) is 5.10. The Kier molecular flexibility index (Phi) is 4.56. The summed E-state index contributed by atoms with van der Waals surface area (Å²) in [6.45, 7) is 1.35. The fourth-order valence-corrected chi connectivity index (χ4v) is 3.46. The van der Waals surface area contributed by atoms with Crippen LogP contribution in [0.4, 0.5) is 5.13 Å². The van der Waals surface area contributed by atoms with Crippen LogP contribution >= 0.6 is 11.3 Å².